The van der Waals surface area contributed by atoms with Crippen LogP contribution in [0.1, 0.15) is 30.1 Å². The van der Waals surface area contributed by atoms with Gasteiger partial charge < -0.3 is 15.2 Å². The van der Waals surface area contributed by atoms with Crippen LogP contribution in [0.3, 0.4) is 0 Å². The highest BCUT2D eigenvalue weighted by atomic mass is 32.2. The number of carboxylic acid groups (broad SMARTS) is 1. The highest BCUT2D eigenvalue weighted by Crippen LogP contribution is 2.22. The van der Waals surface area contributed by atoms with E-state index in [4.69, 9.17) is 4.74 Å². The number of hydrogen-bond donors (Lipinski definition) is 3. The van der Waals surface area contributed by atoms with Crippen molar-refractivity contribution in [1.29, 1.82) is 0 Å². The number of carbonyl (C=O) groups excluding carboxylic acids is 1. The molecule has 1 aliphatic carbocycles. The Balaban J connectivity index is 2.12. The first-order valence-electron chi connectivity index (χ1n) is 7.35. The normalized spacial score (nSPS) is 17.1. The Morgan fingerprint density at radius 1 is 1.29 bits per heavy atom. The number of rotatable bonds is 8. The predicted octanol–water partition coefficient (Wildman–Crippen LogP) is 0.347. The van der Waals surface area contributed by atoms with Crippen LogP contribution < -0.4 is 10.0 Å². The van der Waals surface area contributed by atoms with Crippen LogP contribution in [0.2, 0.25) is 0 Å². The fourth-order valence-corrected chi connectivity index (χ4v) is 3.34. The molecule has 0 aromatic heterocycles. The molecule has 0 aliphatic heterocycles. The molecule has 1 unspecified atom stereocenters. The Morgan fingerprint density at radius 2 is 1.88 bits per heavy atom. The number of benzene rings is 1. The number of sulfonamides is 1. The summed E-state index contributed by atoms with van der Waals surface area (Å²) in [5, 5.41) is 11.6. The van der Waals surface area contributed by atoms with Crippen molar-refractivity contribution in [3.63, 3.8) is 0 Å². The minimum Gasteiger partial charge on any atom is -0.479 e. The van der Waals surface area contributed by atoms with E-state index in [9.17, 15) is 23.1 Å². The van der Waals surface area contributed by atoms with Gasteiger partial charge in [-0.25, -0.2) is 17.9 Å². The van der Waals surface area contributed by atoms with Crippen molar-refractivity contribution in [2.45, 2.75) is 36.2 Å². The van der Waals surface area contributed by atoms with Gasteiger partial charge in [0, 0.05) is 18.7 Å². The molecule has 9 heteroatoms. The molecule has 0 saturated heterocycles. The summed E-state index contributed by atoms with van der Waals surface area (Å²) in [7, 11) is -2.26. The summed E-state index contributed by atoms with van der Waals surface area (Å²) in [5.74, 6) is -1.86. The molecule has 0 spiro atoms. The van der Waals surface area contributed by atoms with Gasteiger partial charge in [-0.15, -0.1) is 0 Å². The molecule has 0 bridgehead atoms. The number of nitrogens with one attached hydrogen (secondary N) is 2. The van der Waals surface area contributed by atoms with Gasteiger partial charge in [-0.3, -0.25) is 4.79 Å². The maximum atomic E-state index is 12.2. The fourth-order valence-electron chi connectivity index (χ4n) is 2.04. The van der Waals surface area contributed by atoms with E-state index in [0.717, 1.165) is 12.8 Å². The highest BCUT2D eigenvalue weighted by molar-refractivity contribution is 7.89. The summed E-state index contributed by atoms with van der Waals surface area (Å²) in [6, 6.07) is 5.29. The number of carboxylic acids is 1. The highest BCUT2D eigenvalue weighted by Gasteiger charge is 2.35. The molecule has 1 fully saturated rings. The summed E-state index contributed by atoms with van der Waals surface area (Å²) >= 11 is 0. The second-order valence-electron chi connectivity index (χ2n) is 5.94. The van der Waals surface area contributed by atoms with Crippen molar-refractivity contribution in [1.82, 2.24) is 10.0 Å². The lowest BCUT2D eigenvalue weighted by Gasteiger charge is -2.25. The summed E-state index contributed by atoms with van der Waals surface area (Å²) < 4.78 is 31.5. The number of carbonyl (C=O) groups is 2. The Morgan fingerprint density at radius 3 is 2.33 bits per heavy atom. The number of aliphatic carboxylic acids is 1. The van der Waals surface area contributed by atoms with E-state index in [1.54, 1.807) is 0 Å². The largest absolute Gasteiger partial charge is 0.479 e. The second kappa shape index (κ2) is 6.88. The predicted molar refractivity (Wildman–Crippen MR) is 85.2 cm³/mol. The van der Waals surface area contributed by atoms with Crippen LogP contribution >= 0.6 is 0 Å². The first-order valence-corrected chi connectivity index (χ1v) is 8.83. The van der Waals surface area contributed by atoms with Crippen molar-refractivity contribution in [2.75, 3.05) is 13.7 Å². The van der Waals surface area contributed by atoms with Crippen LogP contribution in [0.25, 0.3) is 0 Å². The van der Waals surface area contributed by atoms with E-state index >= 15 is 0 Å². The molecule has 24 heavy (non-hydrogen) atoms. The van der Waals surface area contributed by atoms with Crippen molar-refractivity contribution < 1.29 is 27.9 Å². The van der Waals surface area contributed by atoms with E-state index < -0.39 is 27.4 Å². The topological polar surface area (TPSA) is 122 Å². The molecule has 2 rings (SSSR count). The Hall–Kier alpha value is -1.97. The van der Waals surface area contributed by atoms with Gasteiger partial charge in [0.25, 0.3) is 5.91 Å². The average molecular weight is 356 g/mol. The van der Waals surface area contributed by atoms with E-state index in [1.807, 2.05) is 0 Å². The minimum absolute atomic E-state index is 0.0108. The van der Waals surface area contributed by atoms with Gasteiger partial charge in [-0.05, 0) is 44.0 Å². The first kappa shape index (κ1) is 18.4. The third-order valence-electron chi connectivity index (χ3n) is 3.62. The zero-order chi connectivity index (χ0) is 18.0. The SMILES string of the molecule is COCC(C)(NC(=O)c1ccc(S(=O)(=O)NC2CC2)cc1)C(=O)O. The molecule has 1 atom stereocenters. The monoisotopic (exact) mass is 356 g/mol. The second-order valence-corrected chi connectivity index (χ2v) is 7.66. The lowest BCUT2D eigenvalue weighted by molar-refractivity contribution is -0.145. The Labute approximate surface area is 140 Å². The van der Waals surface area contributed by atoms with Crippen LogP contribution in [-0.2, 0) is 19.6 Å². The number of hydrogen-bond acceptors (Lipinski definition) is 5. The molecule has 0 radical (unpaired) electrons. The molecular weight excluding hydrogens is 336 g/mol. The molecule has 8 nitrogen and oxygen atoms in total. The summed E-state index contributed by atoms with van der Waals surface area (Å²) in [6.45, 7) is 1.13. The van der Waals surface area contributed by atoms with Crippen molar-refractivity contribution in [2.24, 2.45) is 0 Å². The molecule has 1 aliphatic rings. The summed E-state index contributed by atoms with van der Waals surface area (Å²) in [4.78, 5) is 23.5. The number of amides is 1. The molecule has 3 N–H and O–H groups in total. The average Bonchev–Trinajstić information content (AvgIpc) is 3.30. The standard InChI is InChI=1S/C15H20N2O6S/c1-15(9-23-2,14(19)20)16-13(18)10-3-7-12(8-4-10)24(21,22)17-11-5-6-11/h3-4,7-8,11,17H,5-6,9H2,1-2H3,(H,16,18)(H,19,20). The Kier molecular flexibility index (Phi) is 5.26. The lowest BCUT2D eigenvalue weighted by Crippen LogP contribution is -2.55. The molecular formula is C15H20N2O6S. The quantitative estimate of drug-likeness (QED) is 0.618. The number of methoxy groups -OCH3 is 1. The maximum absolute atomic E-state index is 12.2. The molecule has 1 amide bonds. The van der Waals surface area contributed by atoms with E-state index in [0.29, 0.717) is 0 Å². The maximum Gasteiger partial charge on any atom is 0.331 e. The molecule has 1 aromatic carbocycles. The number of ether oxygens (including phenoxy) is 1. The van der Waals surface area contributed by atoms with Gasteiger partial charge in [0.2, 0.25) is 10.0 Å². The van der Waals surface area contributed by atoms with Crippen molar-refractivity contribution in [3.8, 4) is 0 Å². The molecule has 1 saturated carbocycles. The van der Waals surface area contributed by atoms with E-state index in [1.165, 1.54) is 38.3 Å². The van der Waals surface area contributed by atoms with Crippen molar-refractivity contribution >= 4 is 21.9 Å². The van der Waals surface area contributed by atoms with E-state index in [-0.39, 0.29) is 23.1 Å². The van der Waals surface area contributed by atoms with Gasteiger partial charge in [0.05, 0.1) is 11.5 Å². The van der Waals surface area contributed by atoms with Gasteiger partial charge >= 0.3 is 5.97 Å². The van der Waals surface area contributed by atoms with Crippen molar-refractivity contribution in [3.05, 3.63) is 29.8 Å². The van der Waals surface area contributed by atoms with Crippen LogP contribution in [0, 0.1) is 0 Å². The summed E-state index contributed by atoms with van der Waals surface area (Å²) in [6.07, 6.45) is 1.65. The first-order chi connectivity index (χ1) is 11.2. The zero-order valence-corrected chi connectivity index (χ0v) is 14.2. The van der Waals surface area contributed by atoms with Gasteiger partial charge in [0.15, 0.2) is 5.54 Å². The van der Waals surface area contributed by atoms with Gasteiger partial charge in [-0.2, -0.15) is 0 Å². The minimum atomic E-state index is -3.59. The van der Waals surface area contributed by atoms with E-state index in [2.05, 4.69) is 10.0 Å². The van der Waals surface area contributed by atoms with Crippen LogP contribution in [0.15, 0.2) is 29.2 Å². The van der Waals surface area contributed by atoms with Gasteiger partial charge in [-0.1, -0.05) is 0 Å². The third-order valence-corrected chi connectivity index (χ3v) is 5.16. The third kappa shape index (κ3) is 4.31. The lowest BCUT2D eigenvalue weighted by atomic mass is 10.0. The molecule has 0 heterocycles. The molecule has 132 valence electrons. The van der Waals surface area contributed by atoms with Crippen LogP contribution in [0.5, 0.6) is 0 Å². The smallest absolute Gasteiger partial charge is 0.331 e. The molecule has 1 aromatic rings. The van der Waals surface area contributed by atoms with Gasteiger partial charge in [0.1, 0.15) is 0 Å². The van der Waals surface area contributed by atoms with Crippen LogP contribution in [0.4, 0.5) is 0 Å². The zero-order valence-electron chi connectivity index (χ0n) is 13.4. The Bertz CT molecular complexity index is 727. The van der Waals surface area contributed by atoms with Crippen LogP contribution in [-0.4, -0.2) is 50.7 Å². The fraction of sp³-hybridized carbons (Fsp3) is 0.467. The summed E-state index contributed by atoms with van der Waals surface area (Å²) in [5.41, 5.74) is -1.42.